The molecular weight excluding hydrogens is 292 g/mol. The van der Waals surface area contributed by atoms with Crippen molar-refractivity contribution in [3.63, 3.8) is 0 Å². The molecule has 128 valence electrons. The van der Waals surface area contributed by atoms with Gasteiger partial charge in [0.05, 0.1) is 0 Å². The fourth-order valence-corrected chi connectivity index (χ4v) is 4.56. The van der Waals surface area contributed by atoms with E-state index in [9.17, 15) is 0 Å². The third-order valence-corrected chi connectivity index (χ3v) is 6.16. The van der Waals surface area contributed by atoms with E-state index in [1.807, 2.05) is 0 Å². The summed E-state index contributed by atoms with van der Waals surface area (Å²) in [6.07, 6.45) is 7.21. The monoisotopic (exact) mass is 326 g/mol. The zero-order valence-electron chi connectivity index (χ0n) is 15.2. The zero-order valence-corrected chi connectivity index (χ0v) is 15.9. The highest BCUT2D eigenvalue weighted by atomic mass is 35.5. The van der Waals surface area contributed by atoms with Gasteiger partial charge in [0.2, 0.25) is 0 Å². The van der Waals surface area contributed by atoms with Gasteiger partial charge in [0.1, 0.15) is 0 Å². The van der Waals surface area contributed by atoms with Gasteiger partial charge in [0.15, 0.2) is 0 Å². The van der Waals surface area contributed by atoms with E-state index in [0.29, 0.717) is 22.8 Å². The molecule has 0 spiro atoms. The Hall–Kier alpha value is -0.0500. The van der Waals surface area contributed by atoms with Crippen molar-refractivity contribution >= 4 is 11.6 Å². The normalized spacial score (nSPS) is 31.1. The van der Waals surface area contributed by atoms with Crippen molar-refractivity contribution < 1.29 is 0 Å². The third kappa shape index (κ3) is 4.49. The molecule has 22 heavy (non-hydrogen) atoms. The van der Waals surface area contributed by atoms with Gasteiger partial charge in [-0.05, 0) is 56.5 Å². The van der Waals surface area contributed by atoms with E-state index in [-0.39, 0.29) is 0 Å². The van der Waals surface area contributed by atoms with Crippen LogP contribution in [0.1, 0.15) is 53.4 Å². The number of nitrogens with one attached hydrogen (secondary N) is 1. The quantitative estimate of drug-likeness (QED) is 0.598. The summed E-state index contributed by atoms with van der Waals surface area (Å²) in [5.74, 6) is 1.44. The average Bonchev–Trinajstić information content (AvgIpc) is 2.45. The maximum absolute atomic E-state index is 6.26. The van der Waals surface area contributed by atoms with Gasteiger partial charge in [-0.2, -0.15) is 0 Å². The topological polar surface area (TPSA) is 15.3 Å². The van der Waals surface area contributed by atoms with Gasteiger partial charge < -0.3 is 10.2 Å². The van der Waals surface area contributed by atoms with Crippen LogP contribution in [0.5, 0.6) is 0 Å². The number of piperidine rings is 1. The standard InChI is InChI=1S/C19H35ClN2/c1-14(2)18(21-5)12-22-11-10-17(19(3,4)13-22)15-6-8-16(20)9-7-15/h6,14,16-18,21H,7-13H2,1-5H3/t16?,17?,18-/m0/s1. The molecule has 1 heterocycles. The molecule has 0 saturated carbocycles. The molecule has 2 nitrogen and oxygen atoms in total. The molecule has 0 bridgehead atoms. The van der Waals surface area contributed by atoms with Crippen LogP contribution in [0.2, 0.25) is 0 Å². The fraction of sp³-hybridized carbons (Fsp3) is 0.895. The minimum Gasteiger partial charge on any atom is -0.315 e. The fourth-order valence-electron chi connectivity index (χ4n) is 4.36. The summed E-state index contributed by atoms with van der Waals surface area (Å²) in [5, 5.41) is 3.86. The largest absolute Gasteiger partial charge is 0.315 e. The molecular formula is C19H35ClN2. The maximum Gasteiger partial charge on any atom is 0.0373 e. The minimum absolute atomic E-state index is 0.370. The highest BCUT2D eigenvalue weighted by molar-refractivity contribution is 6.20. The first-order valence-corrected chi connectivity index (χ1v) is 9.49. The van der Waals surface area contributed by atoms with Gasteiger partial charge in [-0.25, -0.2) is 0 Å². The van der Waals surface area contributed by atoms with Gasteiger partial charge in [0.25, 0.3) is 0 Å². The number of allylic oxidation sites excluding steroid dienone is 2. The Morgan fingerprint density at radius 2 is 2.09 bits per heavy atom. The average molecular weight is 327 g/mol. The Bertz CT molecular complexity index is 389. The summed E-state index contributed by atoms with van der Waals surface area (Å²) in [6, 6.07) is 0.596. The number of rotatable bonds is 5. The van der Waals surface area contributed by atoms with Crippen LogP contribution in [-0.4, -0.2) is 43.0 Å². The van der Waals surface area contributed by atoms with Crippen LogP contribution >= 0.6 is 11.6 Å². The second-order valence-corrected chi connectivity index (χ2v) is 8.97. The number of hydrogen-bond donors (Lipinski definition) is 1. The van der Waals surface area contributed by atoms with E-state index in [2.05, 4.69) is 51.0 Å². The summed E-state index contributed by atoms with van der Waals surface area (Å²) in [5.41, 5.74) is 2.06. The van der Waals surface area contributed by atoms with Gasteiger partial charge in [0, 0.05) is 24.5 Å². The molecule has 3 heteroatoms. The Morgan fingerprint density at radius 3 is 2.59 bits per heavy atom. The van der Waals surface area contributed by atoms with E-state index < -0.39 is 0 Å². The molecule has 1 aliphatic heterocycles. The number of halogens is 1. The highest BCUT2D eigenvalue weighted by Gasteiger charge is 2.38. The number of likely N-dealkylation sites (N-methyl/N-ethyl adjacent to an activating group) is 1. The van der Waals surface area contributed by atoms with Crippen LogP contribution < -0.4 is 5.32 Å². The molecule has 3 atom stereocenters. The molecule has 2 unspecified atom stereocenters. The zero-order chi connectivity index (χ0) is 16.3. The summed E-state index contributed by atoms with van der Waals surface area (Å²) in [7, 11) is 2.10. The molecule has 0 aromatic rings. The van der Waals surface area contributed by atoms with Crippen molar-refractivity contribution in [2.24, 2.45) is 17.3 Å². The molecule has 2 rings (SSSR count). The predicted octanol–water partition coefficient (Wildman–Crippen LogP) is 4.30. The van der Waals surface area contributed by atoms with Crippen LogP contribution in [-0.2, 0) is 0 Å². The molecule has 0 radical (unpaired) electrons. The first-order chi connectivity index (χ1) is 10.3. The lowest BCUT2D eigenvalue weighted by atomic mass is 9.68. The first-order valence-electron chi connectivity index (χ1n) is 9.06. The summed E-state index contributed by atoms with van der Waals surface area (Å²) in [6.45, 7) is 13.2. The molecule has 1 aliphatic carbocycles. The van der Waals surface area contributed by atoms with Crippen molar-refractivity contribution in [3.05, 3.63) is 11.6 Å². The lowest BCUT2D eigenvalue weighted by Crippen LogP contribution is -2.51. The van der Waals surface area contributed by atoms with E-state index in [0.717, 1.165) is 12.3 Å². The van der Waals surface area contributed by atoms with E-state index >= 15 is 0 Å². The number of alkyl halides is 1. The summed E-state index contributed by atoms with van der Waals surface area (Å²) < 4.78 is 0. The van der Waals surface area contributed by atoms with Gasteiger partial charge in [-0.15, -0.1) is 11.6 Å². The van der Waals surface area contributed by atoms with Crippen LogP contribution in [0.3, 0.4) is 0 Å². The second kappa shape index (κ2) is 7.68. The SMILES string of the molecule is CN[C@@H](CN1CCC(C2=CCC(Cl)CC2)C(C)(C)C1)C(C)C. The molecule has 2 aliphatic rings. The van der Waals surface area contributed by atoms with Crippen molar-refractivity contribution in [1.82, 2.24) is 10.2 Å². The molecule has 0 amide bonds. The van der Waals surface area contributed by atoms with E-state index in [1.54, 1.807) is 5.57 Å². The van der Waals surface area contributed by atoms with Gasteiger partial charge >= 0.3 is 0 Å². The predicted molar refractivity (Wildman–Crippen MR) is 97.6 cm³/mol. The highest BCUT2D eigenvalue weighted by Crippen LogP contribution is 2.43. The Balaban J connectivity index is 1.97. The maximum atomic E-state index is 6.26. The van der Waals surface area contributed by atoms with Crippen LogP contribution in [0.4, 0.5) is 0 Å². The van der Waals surface area contributed by atoms with Crippen LogP contribution in [0.25, 0.3) is 0 Å². The number of nitrogens with zero attached hydrogens (tertiary/aromatic N) is 1. The summed E-state index contributed by atoms with van der Waals surface area (Å²) in [4.78, 5) is 2.67. The summed E-state index contributed by atoms with van der Waals surface area (Å²) >= 11 is 6.26. The van der Waals surface area contributed by atoms with Crippen molar-refractivity contribution in [2.45, 2.75) is 64.8 Å². The molecule has 0 aromatic carbocycles. The smallest absolute Gasteiger partial charge is 0.0373 e. The number of hydrogen-bond acceptors (Lipinski definition) is 2. The number of likely N-dealkylation sites (tertiary alicyclic amines) is 1. The van der Waals surface area contributed by atoms with Crippen molar-refractivity contribution in [1.29, 1.82) is 0 Å². The second-order valence-electron chi connectivity index (χ2n) is 8.35. The Kier molecular flexibility index (Phi) is 6.39. The Labute approximate surface area is 142 Å². The minimum atomic E-state index is 0.370. The van der Waals surface area contributed by atoms with E-state index in [4.69, 9.17) is 11.6 Å². The molecule has 1 N–H and O–H groups in total. The lowest BCUT2D eigenvalue weighted by Gasteiger charge is -2.47. The van der Waals surface area contributed by atoms with Crippen LogP contribution in [0.15, 0.2) is 11.6 Å². The lowest BCUT2D eigenvalue weighted by molar-refractivity contribution is 0.0607. The molecule has 1 saturated heterocycles. The third-order valence-electron chi connectivity index (χ3n) is 5.77. The van der Waals surface area contributed by atoms with Gasteiger partial charge in [-0.1, -0.05) is 39.3 Å². The first kappa shape index (κ1) is 18.3. The Morgan fingerprint density at radius 1 is 1.36 bits per heavy atom. The van der Waals surface area contributed by atoms with Crippen molar-refractivity contribution in [3.8, 4) is 0 Å². The molecule has 0 aromatic heterocycles. The van der Waals surface area contributed by atoms with Gasteiger partial charge in [-0.3, -0.25) is 0 Å². The van der Waals surface area contributed by atoms with E-state index in [1.165, 1.54) is 38.9 Å². The molecule has 1 fully saturated rings. The van der Waals surface area contributed by atoms with Crippen molar-refractivity contribution in [2.75, 3.05) is 26.7 Å². The van der Waals surface area contributed by atoms with Crippen LogP contribution in [0, 0.1) is 17.3 Å².